The first-order valence-electron chi connectivity index (χ1n) is 8.15. The molecule has 3 heterocycles. The molecule has 7 nitrogen and oxygen atoms in total. The minimum absolute atomic E-state index is 0.0732. The highest BCUT2D eigenvalue weighted by molar-refractivity contribution is 5.44. The minimum atomic E-state index is -0.385. The maximum absolute atomic E-state index is 10.1. The molecule has 1 aromatic carbocycles. The molecule has 3 aromatic rings. The second-order valence-electron chi connectivity index (χ2n) is 6.10. The molecule has 130 valence electrons. The molecular formula is C18H19N3O4. The third-order valence-corrected chi connectivity index (χ3v) is 4.41. The molecule has 1 aliphatic rings. The van der Waals surface area contributed by atoms with Crippen molar-refractivity contribution in [2.45, 2.75) is 25.1 Å². The zero-order chi connectivity index (χ0) is 17.2. The second kappa shape index (κ2) is 6.70. The highest BCUT2D eigenvalue weighted by Gasteiger charge is 2.33. The van der Waals surface area contributed by atoms with Crippen LogP contribution in [0.3, 0.4) is 0 Å². The summed E-state index contributed by atoms with van der Waals surface area (Å²) in [7, 11) is 1.65. The monoisotopic (exact) mass is 341 g/mol. The van der Waals surface area contributed by atoms with Gasteiger partial charge in [-0.25, -0.2) is 0 Å². The summed E-state index contributed by atoms with van der Waals surface area (Å²) < 4.78 is 15.9. The lowest BCUT2D eigenvalue weighted by atomic mass is 10.0. The lowest BCUT2D eigenvalue weighted by Crippen LogP contribution is -2.24. The fraction of sp³-hybridized carbons (Fsp3) is 0.333. The predicted molar refractivity (Wildman–Crippen MR) is 88.8 cm³/mol. The number of hydrogen-bond donors (Lipinski definition) is 1. The fourth-order valence-corrected chi connectivity index (χ4v) is 3.25. The van der Waals surface area contributed by atoms with Gasteiger partial charge in [-0.1, -0.05) is 17.3 Å². The average molecular weight is 341 g/mol. The molecule has 0 bridgehead atoms. The van der Waals surface area contributed by atoms with Gasteiger partial charge in [0.2, 0.25) is 11.7 Å². The highest BCUT2D eigenvalue weighted by Crippen LogP contribution is 2.34. The molecule has 1 N–H and O–H groups in total. The van der Waals surface area contributed by atoms with Crippen LogP contribution in [-0.4, -0.2) is 39.9 Å². The number of furan rings is 1. The van der Waals surface area contributed by atoms with Gasteiger partial charge >= 0.3 is 0 Å². The first-order chi connectivity index (χ1) is 12.2. The molecule has 1 fully saturated rings. The van der Waals surface area contributed by atoms with Crippen LogP contribution in [0.2, 0.25) is 0 Å². The summed E-state index contributed by atoms with van der Waals surface area (Å²) in [4.78, 5) is 6.52. The van der Waals surface area contributed by atoms with Gasteiger partial charge in [0, 0.05) is 12.6 Å². The number of benzene rings is 1. The summed E-state index contributed by atoms with van der Waals surface area (Å²) in [6.07, 6.45) is 1.84. The maximum atomic E-state index is 10.1. The molecule has 4 rings (SSSR count). The summed E-state index contributed by atoms with van der Waals surface area (Å²) in [6, 6.07) is 11.5. The molecule has 0 unspecified atom stereocenters. The van der Waals surface area contributed by atoms with E-state index in [0.29, 0.717) is 37.0 Å². The molecule has 0 spiro atoms. The number of ether oxygens (including phenoxy) is 1. The Kier molecular flexibility index (Phi) is 4.25. The van der Waals surface area contributed by atoms with E-state index in [4.69, 9.17) is 13.7 Å². The van der Waals surface area contributed by atoms with Crippen molar-refractivity contribution in [3.05, 3.63) is 54.1 Å². The van der Waals surface area contributed by atoms with Crippen molar-refractivity contribution in [2.75, 3.05) is 13.7 Å². The van der Waals surface area contributed by atoms with Gasteiger partial charge in [-0.2, -0.15) is 4.98 Å². The average Bonchev–Trinajstić information content (AvgIpc) is 3.36. The SMILES string of the molecule is COc1cccc([C@H]2C[C@H](O)CN2Cc2nc(-c3ccco3)no2)c1. The van der Waals surface area contributed by atoms with Gasteiger partial charge in [0.05, 0.1) is 26.0 Å². The smallest absolute Gasteiger partial charge is 0.241 e. The Labute approximate surface area is 144 Å². The number of rotatable bonds is 5. The zero-order valence-corrected chi connectivity index (χ0v) is 13.8. The van der Waals surface area contributed by atoms with Gasteiger partial charge in [0.15, 0.2) is 5.76 Å². The number of likely N-dealkylation sites (tertiary alicyclic amines) is 1. The third kappa shape index (κ3) is 3.29. The van der Waals surface area contributed by atoms with Crippen molar-refractivity contribution in [1.82, 2.24) is 15.0 Å². The van der Waals surface area contributed by atoms with Gasteiger partial charge < -0.3 is 18.8 Å². The van der Waals surface area contributed by atoms with Gasteiger partial charge in [-0.05, 0) is 36.2 Å². The maximum Gasteiger partial charge on any atom is 0.241 e. The standard InChI is InChI=1S/C18H19N3O4/c1-23-14-5-2-4-12(8-14)15-9-13(22)10-21(15)11-17-19-18(20-25-17)16-6-3-7-24-16/h2-8,13,15,22H,9-11H2,1H3/t13-,15+/m0/s1. The van der Waals surface area contributed by atoms with Crippen LogP contribution in [-0.2, 0) is 6.54 Å². The molecule has 2 atom stereocenters. The normalized spacial score (nSPS) is 20.9. The lowest BCUT2D eigenvalue weighted by molar-refractivity contribution is 0.164. The minimum Gasteiger partial charge on any atom is -0.497 e. The first kappa shape index (κ1) is 15.9. The number of hydrogen-bond acceptors (Lipinski definition) is 7. The number of methoxy groups -OCH3 is 1. The number of nitrogens with zero attached hydrogens (tertiary/aromatic N) is 3. The summed E-state index contributed by atoms with van der Waals surface area (Å²) in [5, 5.41) is 14.1. The largest absolute Gasteiger partial charge is 0.497 e. The van der Waals surface area contributed by atoms with Gasteiger partial charge in [-0.3, -0.25) is 4.90 Å². The molecule has 2 aromatic heterocycles. The quantitative estimate of drug-likeness (QED) is 0.763. The van der Waals surface area contributed by atoms with E-state index in [0.717, 1.165) is 11.3 Å². The molecule has 0 saturated carbocycles. The van der Waals surface area contributed by atoms with Crippen LogP contribution in [0.25, 0.3) is 11.6 Å². The van der Waals surface area contributed by atoms with Crippen molar-refractivity contribution in [3.63, 3.8) is 0 Å². The topological polar surface area (TPSA) is 84.8 Å². The van der Waals surface area contributed by atoms with E-state index in [1.807, 2.05) is 24.3 Å². The molecule has 0 amide bonds. The van der Waals surface area contributed by atoms with Crippen molar-refractivity contribution >= 4 is 0 Å². The van der Waals surface area contributed by atoms with Crippen LogP contribution < -0.4 is 4.74 Å². The van der Waals surface area contributed by atoms with Gasteiger partial charge in [0.25, 0.3) is 0 Å². The number of aliphatic hydroxyl groups excluding tert-OH is 1. The van der Waals surface area contributed by atoms with Crippen LogP contribution in [0.1, 0.15) is 23.9 Å². The Bertz CT molecular complexity index is 830. The molecule has 7 heteroatoms. The van der Waals surface area contributed by atoms with Crippen LogP contribution in [0, 0.1) is 0 Å². The number of aliphatic hydroxyl groups is 1. The Morgan fingerprint density at radius 3 is 3.04 bits per heavy atom. The molecule has 0 aliphatic carbocycles. The number of aromatic nitrogens is 2. The molecule has 1 aliphatic heterocycles. The molecular weight excluding hydrogens is 322 g/mol. The third-order valence-electron chi connectivity index (χ3n) is 4.41. The summed E-state index contributed by atoms with van der Waals surface area (Å²) in [6.45, 7) is 1.02. The van der Waals surface area contributed by atoms with E-state index in [2.05, 4.69) is 15.0 Å². The van der Waals surface area contributed by atoms with Crippen LogP contribution in [0.15, 0.2) is 51.6 Å². The van der Waals surface area contributed by atoms with Crippen molar-refractivity contribution in [1.29, 1.82) is 0 Å². The second-order valence-corrected chi connectivity index (χ2v) is 6.10. The Morgan fingerprint density at radius 2 is 2.24 bits per heavy atom. The van der Waals surface area contributed by atoms with Crippen LogP contribution >= 0.6 is 0 Å². The Balaban J connectivity index is 1.54. The lowest BCUT2D eigenvalue weighted by Gasteiger charge is -2.23. The first-order valence-corrected chi connectivity index (χ1v) is 8.15. The van der Waals surface area contributed by atoms with E-state index in [1.54, 1.807) is 25.5 Å². The Morgan fingerprint density at radius 1 is 1.32 bits per heavy atom. The summed E-state index contributed by atoms with van der Waals surface area (Å²) in [5.74, 6) is 2.30. The zero-order valence-electron chi connectivity index (χ0n) is 13.8. The van der Waals surface area contributed by atoms with E-state index in [9.17, 15) is 5.11 Å². The number of β-amino-alcohol motifs (C(OH)–C–C–N with tert-alkyl or cyclic N) is 1. The van der Waals surface area contributed by atoms with Crippen LogP contribution in [0.5, 0.6) is 5.75 Å². The van der Waals surface area contributed by atoms with Crippen LogP contribution in [0.4, 0.5) is 0 Å². The molecule has 25 heavy (non-hydrogen) atoms. The molecule has 1 saturated heterocycles. The van der Waals surface area contributed by atoms with E-state index in [1.165, 1.54) is 0 Å². The van der Waals surface area contributed by atoms with Gasteiger partial charge in [-0.15, -0.1) is 0 Å². The van der Waals surface area contributed by atoms with E-state index >= 15 is 0 Å². The highest BCUT2D eigenvalue weighted by atomic mass is 16.5. The van der Waals surface area contributed by atoms with E-state index < -0.39 is 0 Å². The fourth-order valence-electron chi connectivity index (χ4n) is 3.25. The predicted octanol–water partition coefficient (Wildman–Crippen LogP) is 2.65. The van der Waals surface area contributed by atoms with Crippen molar-refractivity contribution in [3.8, 4) is 17.3 Å². The van der Waals surface area contributed by atoms with Crippen molar-refractivity contribution in [2.24, 2.45) is 0 Å². The Hall–Kier alpha value is -2.64. The summed E-state index contributed by atoms with van der Waals surface area (Å²) >= 11 is 0. The molecule has 0 radical (unpaired) electrons. The van der Waals surface area contributed by atoms with Crippen molar-refractivity contribution < 1.29 is 18.8 Å². The van der Waals surface area contributed by atoms with E-state index in [-0.39, 0.29) is 12.1 Å². The van der Waals surface area contributed by atoms with Gasteiger partial charge in [0.1, 0.15) is 5.75 Å². The summed E-state index contributed by atoms with van der Waals surface area (Å²) in [5.41, 5.74) is 1.10.